The summed E-state index contributed by atoms with van der Waals surface area (Å²) >= 11 is 0. The van der Waals surface area contributed by atoms with E-state index < -0.39 is 11.6 Å². The second kappa shape index (κ2) is 4.23. The number of amidine groups is 1. The number of fused-ring (bicyclic) bond motifs is 3. The zero-order valence-electron chi connectivity index (χ0n) is 10.5. The van der Waals surface area contributed by atoms with E-state index in [1.54, 1.807) is 6.20 Å². The van der Waals surface area contributed by atoms with Crippen LogP contribution >= 0.6 is 0 Å². The third-order valence-electron chi connectivity index (χ3n) is 3.20. The summed E-state index contributed by atoms with van der Waals surface area (Å²) in [5.74, 6) is -0.862. The monoisotopic (exact) mass is 286 g/mol. The zero-order valence-corrected chi connectivity index (χ0v) is 10.5. The Labute approximate surface area is 116 Å². The van der Waals surface area contributed by atoms with Crippen molar-refractivity contribution in [2.24, 2.45) is 4.99 Å². The first-order chi connectivity index (χ1) is 10.2. The maximum atomic E-state index is 14.0. The molecule has 3 heterocycles. The number of hydrogen-bond donors (Lipinski definition) is 3. The van der Waals surface area contributed by atoms with Gasteiger partial charge >= 0.3 is 0 Å². The summed E-state index contributed by atoms with van der Waals surface area (Å²) in [4.78, 5) is 4.26. The molecule has 3 N–H and O–H groups in total. The summed E-state index contributed by atoms with van der Waals surface area (Å²) in [6, 6.07) is 3.66. The van der Waals surface area contributed by atoms with Gasteiger partial charge in [0.1, 0.15) is 29.0 Å². The molecule has 0 aliphatic carbocycles. The molecule has 0 amide bonds. The van der Waals surface area contributed by atoms with Gasteiger partial charge in [0.15, 0.2) is 0 Å². The van der Waals surface area contributed by atoms with E-state index in [4.69, 9.17) is 0 Å². The molecule has 104 valence electrons. The predicted molar refractivity (Wildman–Crippen MR) is 72.3 cm³/mol. The number of halogens is 2. The molecule has 0 unspecified atom stereocenters. The Hall–Kier alpha value is -3.03. The summed E-state index contributed by atoms with van der Waals surface area (Å²) in [5, 5.41) is 16.2. The van der Waals surface area contributed by atoms with Crippen LogP contribution in [-0.2, 0) is 0 Å². The lowest BCUT2D eigenvalue weighted by Gasteiger charge is -2.09. The van der Waals surface area contributed by atoms with Gasteiger partial charge in [0, 0.05) is 0 Å². The quantitative estimate of drug-likeness (QED) is 0.643. The van der Waals surface area contributed by atoms with Crippen molar-refractivity contribution < 1.29 is 8.78 Å². The Bertz CT molecular complexity index is 843. The number of aromatic nitrogens is 4. The van der Waals surface area contributed by atoms with Gasteiger partial charge in [-0.05, 0) is 12.1 Å². The molecule has 0 spiro atoms. The van der Waals surface area contributed by atoms with Crippen molar-refractivity contribution >= 4 is 17.3 Å². The number of aliphatic imine (C=N–C) groups is 1. The van der Waals surface area contributed by atoms with Crippen LogP contribution in [-0.4, -0.2) is 26.2 Å². The highest BCUT2D eigenvalue weighted by molar-refractivity contribution is 6.12. The van der Waals surface area contributed by atoms with Crippen molar-refractivity contribution in [3.63, 3.8) is 0 Å². The van der Waals surface area contributed by atoms with Crippen LogP contribution in [0.3, 0.4) is 0 Å². The van der Waals surface area contributed by atoms with Crippen molar-refractivity contribution in [2.45, 2.75) is 0 Å². The van der Waals surface area contributed by atoms with Crippen LogP contribution in [0.2, 0.25) is 0 Å². The van der Waals surface area contributed by atoms with Gasteiger partial charge < -0.3 is 5.32 Å². The standard InChI is InChI=1S/C13H8F2N6/c14-7-2-1-3-8(15)10(7)13-18-9-5-17-20-11(9)6-4-16-21-12(6)19-13/h1-5H,(H,17,20)(H2,16,18,19,21). The van der Waals surface area contributed by atoms with Gasteiger partial charge in [-0.2, -0.15) is 10.2 Å². The first-order valence-corrected chi connectivity index (χ1v) is 6.11. The lowest BCUT2D eigenvalue weighted by molar-refractivity contribution is 0.579. The van der Waals surface area contributed by atoms with E-state index in [1.807, 2.05) is 0 Å². The van der Waals surface area contributed by atoms with Gasteiger partial charge in [-0.15, -0.1) is 0 Å². The number of nitrogens with zero attached hydrogens (tertiary/aromatic N) is 3. The van der Waals surface area contributed by atoms with Crippen molar-refractivity contribution in [3.8, 4) is 11.3 Å². The van der Waals surface area contributed by atoms with Crippen molar-refractivity contribution in [1.82, 2.24) is 20.4 Å². The molecule has 4 rings (SSSR count). The van der Waals surface area contributed by atoms with Crippen LogP contribution in [0, 0.1) is 11.6 Å². The first kappa shape index (κ1) is 11.8. The Morgan fingerprint density at radius 3 is 2.52 bits per heavy atom. The number of hydrogen-bond acceptors (Lipinski definition) is 4. The number of H-pyrrole nitrogens is 2. The van der Waals surface area contributed by atoms with E-state index in [0.29, 0.717) is 22.8 Å². The number of aromatic amines is 2. The lowest BCUT2D eigenvalue weighted by Crippen LogP contribution is -2.17. The summed E-state index contributed by atoms with van der Waals surface area (Å²) in [7, 11) is 0. The van der Waals surface area contributed by atoms with Gasteiger partial charge in [-0.1, -0.05) is 6.07 Å². The molecule has 1 aliphatic rings. The third kappa shape index (κ3) is 1.72. The minimum Gasteiger partial charge on any atom is -0.324 e. The Balaban J connectivity index is 1.97. The van der Waals surface area contributed by atoms with E-state index >= 15 is 0 Å². The Morgan fingerprint density at radius 1 is 0.952 bits per heavy atom. The van der Waals surface area contributed by atoms with Crippen LogP contribution in [0.15, 0.2) is 35.6 Å². The molecule has 0 saturated heterocycles. The fourth-order valence-corrected chi connectivity index (χ4v) is 2.24. The van der Waals surface area contributed by atoms with E-state index in [9.17, 15) is 8.78 Å². The summed E-state index contributed by atoms with van der Waals surface area (Å²) in [6.45, 7) is 0. The second-order valence-corrected chi connectivity index (χ2v) is 4.47. The number of anilines is 1. The highest BCUT2D eigenvalue weighted by Gasteiger charge is 2.23. The molecular weight excluding hydrogens is 278 g/mol. The molecule has 21 heavy (non-hydrogen) atoms. The predicted octanol–water partition coefficient (Wildman–Crippen LogP) is 2.58. The van der Waals surface area contributed by atoms with E-state index in [0.717, 1.165) is 0 Å². The summed E-state index contributed by atoms with van der Waals surface area (Å²) in [5.41, 5.74) is 1.56. The number of rotatable bonds is 1. The van der Waals surface area contributed by atoms with Crippen LogP contribution in [0.1, 0.15) is 5.56 Å². The normalized spacial score (nSPS) is 13.0. The fraction of sp³-hybridized carbons (Fsp3) is 0. The maximum Gasteiger partial charge on any atom is 0.145 e. The average molecular weight is 286 g/mol. The van der Waals surface area contributed by atoms with Gasteiger partial charge in [0.25, 0.3) is 0 Å². The SMILES string of the molecule is Fc1cccc(F)c1C1=Nc2cn[nH]c2-c2cn[nH]c2N1. The summed E-state index contributed by atoms with van der Waals surface area (Å²) in [6.07, 6.45) is 3.06. The lowest BCUT2D eigenvalue weighted by atomic mass is 10.1. The van der Waals surface area contributed by atoms with Crippen molar-refractivity contribution in [1.29, 1.82) is 0 Å². The minimum absolute atomic E-state index is 0.0521. The van der Waals surface area contributed by atoms with Crippen molar-refractivity contribution in [3.05, 3.63) is 47.8 Å². The topological polar surface area (TPSA) is 81.8 Å². The molecule has 0 saturated carbocycles. The number of nitrogens with one attached hydrogen (secondary N) is 3. The van der Waals surface area contributed by atoms with E-state index in [-0.39, 0.29) is 11.4 Å². The van der Waals surface area contributed by atoms with Gasteiger partial charge in [-0.3, -0.25) is 10.2 Å². The molecule has 0 fully saturated rings. The number of benzene rings is 1. The molecule has 0 bridgehead atoms. The average Bonchev–Trinajstić information content (AvgIpc) is 3.05. The molecule has 1 aromatic carbocycles. The Kier molecular flexibility index (Phi) is 2.37. The van der Waals surface area contributed by atoms with Gasteiger partial charge in [-0.25, -0.2) is 13.8 Å². The minimum atomic E-state index is -0.700. The van der Waals surface area contributed by atoms with Crippen LogP contribution in [0.25, 0.3) is 11.3 Å². The van der Waals surface area contributed by atoms with Crippen LogP contribution in [0.5, 0.6) is 0 Å². The first-order valence-electron chi connectivity index (χ1n) is 6.11. The smallest absolute Gasteiger partial charge is 0.145 e. The molecule has 8 heteroatoms. The van der Waals surface area contributed by atoms with E-state index in [2.05, 4.69) is 30.7 Å². The van der Waals surface area contributed by atoms with Crippen LogP contribution in [0.4, 0.5) is 20.3 Å². The highest BCUT2D eigenvalue weighted by atomic mass is 19.1. The molecule has 0 atom stereocenters. The van der Waals surface area contributed by atoms with Crippen molar-refractivity contribution in [2.75, 3.05) is 5.32 Å². The molecule has 1 aliphatic heterocycles. The van der Waals surface area contributed by atoms with E-state index in [1.165, 1.54) is 24.4 Å². The Morgan fingerprint density at radius 2 is 1.71 bits per heavy atom. The fourth-order valence-electron chi connectivity index (χ4n) is 2.24. The van der Waals surface area contributed by atoms with Gasteiger partial charge in [0.2, 0.25) is 0 Å². The molecule has 0 radical (unpaired) electrons. The third-order valence-corrected chi connectivity index (χ3v) is 3.20. The van der Waals surface area contributed by atoms with Gasteiger partial charge in [0.05, 0.1) is 29.2 Å². The maximum absolute atomic E-state index is 14.0. The largest absolute Gasteiger partial charge is 0.324 e. The molecule has 6 nitrogen and oxygen atoms in total. The molecule has 2 aromatic heterocycles. The van der Waals surface area contributed by atoms with Crippen LogP contribution < -0.4 is 5.32 Å². The second-order valence-electron chi connectivity index (χ2n) is 4.47. The molecule has 3 aromatic rings. The zero-order chi connectivity index (χ0) is 14.4. The molecular formula is C13H8F2N6. The highest BCUT2D eigenvalue weighted by Crippen LogP contribution is 2.35. The summed E-state index contributed by atoms with van der Waals surface area (Å²) < 4.78 is 27.9.